The van der Waals surface area contributed by atoms with E-state index in [9.17, 15) is 30.6 Å². The number of hydrogen-bond donors (Lipinski definition) is 7. The minimum absolute atomic E-state index is 0.127. The van der Waals surface area contributed by atoms with Gasteiger partial charge in [-0.25, -0.2) is 0 Å². The molecule has 288 valence electrons. The zero-order valence-electron chi connectivity index (χ0n) is 31.5. The average Bonchev–Trinajstić information content (AvgIpc) is 4.00. The van der Waals surface area contributed by atoms with E-state index in [4.69, 9.17) is 4.99 Å². The highest BCUT2D eigenvalue weighted by Gasteiger charge is 2.66. The van der Waals surface area contributed by atoms with E-state index >= 15 is 0 Å². The van der Waals surface area contributed by atoms with E-state index in [0.29, 0.717) is 48.1 Å². The van der Waals surface area contributed by atoms with Crippen LogP contribution in [0.4, 0.5) is 0 Å². The van der Waals surface area contributed by atoms with Gasteiger partial charge in [-0.3, -0.25) is 9.98 Å². The second-order valence-electron chi connectivity index (χ2n) is 16.6. The standard InChI is InChI=1S/C46H53N3O6/c50-27-39-44(18-1-2-19-44)22-23-45(20-3-4-21-45)46(39,40-26-48-29-49-40)28-47-25-32-10-8-30(9-11-32)12-16-35-33(15-13-31-14-17-36(51)38(53)24-31)34-6-5-7-37(52)41(34)43(55)42(35)54/h5-11,13-15,17,24,26,39,47,50-55H,1-4,12,16,18-23,25,27-29H2/t39-,46+/m0/s1. The number of phenolic OH excluding ortho intramolecular Hbond substituents is 5. The highest BCUT2D eigenvalue weighted by atomic mass is 16.3. The van der Waals surface area contributed by atoms with E-state index < -0.39 is 0 Å². The summed E-state index contributed by atoms with van der Waals surface area (Å²) in [4.78, 5) is 9.64. The number of rotatable bonds is 11. The zero-order valence-corrected chi connectivity index (χ0v) is 31.5. The van der Waals surface area contributed by atoms with E-state index in [1.807, 2.05) is 6.21 Å². The van der Waals surface area contributed by atoms with Crippen LogP contribution in [0, 0.1) is 22.2 Å². The zero-order chi connectivity index (χ0) is 38.2. The van der Waals surface area contributed by atoms with Gasteiger partial charge in [-0.05, 0) is 108 Å². The number of aryl methyl sites for hydroxylation is 1. The lowest BCUT2D eigenvalue weighted by atomic mass is 9.42. The van der Waals surface area contributed by atoms with Crippen LogP contribution in [0.15, 0.2) is 70.6 Å². The van der Waals surface area contributed by atoms with Crippen LogP contribution in [0.25, 0.3) is 22.9 Å². The molecule has 0 amide bonds. The second kappa shape index (κ2) is 15.0. The van der Waals surface area contributed by atoms with Gasteiger partial charge in [0.1, 0.15) is 12.4 Å². The van der Waals surface area contributed by atoms with Crippen LogP contribution >= 0.6 is 0 Å². The minimum atomic E-state index is -0.365. The van der Waals surface area contributed by atoms with Crippen molar-refractivity contribution in [1.29, 1.82) is 0 Å². The molecule has 1 heterocycles. The molecule has 8 rings (SSSR count). The van der Waals surface area contributed by atoms with Crippen molar-refractivity contribution in [3.8, 4) is 28.7 Å². The van der Waals surface area contributed by atoms with Crippen LogP contribution in [0.5, 0.6) is 28.7 Å². The molecule has 3 saturated carbocycles. The van der Waals surface area contributed by atoms with Gasteiger partial charge in [-0.15, -0.1) is 0 Å². The summed E-state index contributed by atoms with van der Waals surface area (Å²) >= 11 is 0. The van der Waals surface area contributed by atoms with E-state index in [1.54, 1.807) is 30.4 Å². The molecule has 2 spiro atoms. The summed E-state index contributed by atoms with van der Waals surface area (Å²) < 4.78 is 0. The average molecular weight is 744 g/mol. The molecule has 4 aromatic carbocycles. The first-order chi connectivity index (χ1) is 26.7. The van der Waals surface area contributed by atoms with Crippen molar-refractivity contribution in [2.45, 2.75) is 83.6 Å². The summed E-state index contributed by atoms with van der Waals surface area (Å²) in [5.74, 6) is -1.08. The van der Waals surface area contributed by atoms with Gasteiger partial charge in [0.25, 0.3) is 0 Å². The predicted molar refractivity (Wildman–Crippen MR) is 218 cm³/mol. The third-order valence-electron chi connectivity index (χ3n) is 14.0. The molecule has 0 bridgehead atoms. The lowest BCUT2D eigenvalue weighted by Crippen LogP contribution is -2.64. The Hall–Kier alpha value is -4.86. The third-order valence-corrected chi connectivity index (χ3v) is 14.0. The number of aliphatic hydroxyl groups is 1. The van der Waals surface area contributed by atoms with Crippen LogP contribution in [0.2, 0.25) is 0 Å². The van der Waals surface area contributed by atoms with Crippen molar-refractivity contribution in [3.63, 3.8) is 0 Å². The number of benzene rings is 4. The number of phenols is 5. The molecule has 4 aliphatic rings. The molecule has 3 fully saturated rings. The maximum absolute atomic E-state index is 11.3. The Labute approximate surface area is 322 Å². The summed E-state index contributed by atoms with van der Waals surface area (Å²) in [5, 5.41) is 68.6. The molecular formula is C46H53N3O6. The first-order valence-electron chi connectivity index (χ1n) is 20.0. The van der Waals surface area contributed by atoms with Crippen molar-refractivity contribution in [2.75, 3.05) is 19.8 Å². The van der Waals surface area contributed by atoms with Gasteiger partial charge in [0.15, 0.2) is 23.0 Å². The van der Waals surface area contributed by atoms with Gasteiger partial charge in [-0.2, -0.15) is 0 Å². The fraction of sp³-hybridized carbons (Fsp3) is 0.435. The van der Waals surface area contributed by atoms with E-state index in [-0.39, 0.29) is 62.9 Å². The molecule has 3 aliphatic carbocycles. The van der Waals surface area contributed by atoms with Crippen molar-refractivity contribution in [2.24, 2.45) is 32.1 Å². The van der Waals surface area contributed by atoms with Gasteiger partial charge in [0.05, 0.1) is 11.1 Å². The Kier molecular flexibility index (Phi) is 10.1. The number of aliphatic imine (C=N–C) groups is 2. The maximum Gasteiger partial charge on any atom is 0.169 e. The van der Waals surface area contributed by atoms with Crippen LogP contribution < -0.4 is 5.32 Å². The van der Waals surface area contributed by atoms with Gasteiger partial charge < -0.3 is 36.0 Å². The SMILES string of the molecule is OC[C@H]1C2(CCCC2)CCC2(CCCC2)[C@@]1(CNCc1ccc(CCc2c(O)c(O)c3c(O)cccc3c2C=Cc2ccc(O)c(O)c2)cc1)C1=NCN=C1. The third kappa shape index (κ3) is 6.45. The van der Waals surface area contributed by atoms with Crippen LogP contribution in [-0.4, -0.2) is 62.4 Å². The summed E-state index contributed by atoms with van der Waals surface area (Å²) in [6, 6.07) is 18.0. The fourth-order valence-electron chi connectivity index (χ4n) is 11.3. The Morgan fingerprint density at radius 2 is 1.47 bits per heavy atom. The second-order valence-corrected chi connectivity index (χ2v) is 16.6. The van der Waals surface area contributed by atoms with E-state index in [0.717, 1.165) is 23.4 Å². The normalized spacial score (nSPS) is 22.8. The molecule has 0 unspecified atom stereocenters. The number of hydrogen-bond acceptors (Lipinski definition) is 9. The van der Waals surface area contributed by atoms with E-state index in [1.165, 1.54) is 82.4 Å². The Balaban J connectivity index is 1.02. The first-order valence-corrected chi connectivity index (χ1v) is 20.0. The molecule has 2 atom stereocenters. The van der Waals surface area contributed by atoms with Crippen molar-refractivity contribution in [1.82, 2.24) is 5.32 Å². The molecule has 9 heteroatoms. The molecule has 55 heavy (non-hydrogen) atoms. The summed E-state index contributed by atoms with van der Waals surface area (Å²) in [6.07, 6.45) is 18.7. The van der Waals surface area contributed by atoms with Crippen molar-refractivity contribution >= 4 is 34.9 Å². The van der Waals surface area contributed by atoms with Gasteiger partial charge >= 0.3 is 0 Å². The van der Waals surface area contributed by atoms with Crippen molar-refractivity contribution < 1.29 is 30.6 Å². The number of nitrogens with one attached hydrogen (secondary N) is 1. The lowest BCUT2D eigenvalue weighted by molar-refractivity contribution is -0.107. The molecule has 7 N–H and O–H groups in total. The largest absolute Gasteiger partial charge is 0.507 e. The van der Waals surface area contributed by atoms with Gasteiger partial charge in [0, 0.05) is 42.8 Å². The predicted octanol–water partition coefficient (Wildman–Crippen LogP) is 8.41. The molecule has 0 aromatic heterocycles. The molecule has 0 radical (unpaired) electrons. The highest BCUT2D eigenvalue weighted by Crippen LogP contribution is 2.69. The van der Waals surface area contributed by atoms with Crippen LogP contribution in [0.1, 0.15) is 92.0 Å². The monoisotopic (exact) mass is 743 g/mol. The van der Waals surface area contributed by atoms with Gasteiger partial charge in [0.2, 0.25) is 0 Å². The topological polar surface area (TPSA) is 158 Å². The van der Waals surface area contributed by atoms with E-state index in [2.05, 4.69) is 34.6 Å². The Morgan fingerprint density at radius 3 is 2.18 bits per heavy atom. The van der Waals surface area contributed by atoms with Gasteiger partial charge in [-0.1, -0.05) is 80.3 Å². The highest BCUT2D eigenvalue weighted by molar-refractivity contribution is 6.34. The molecule has 0 saturated heterocycles. The molecule has 1 aliphatic heterocycles. The lowest BCUT2D eigenvalue weighted by Gasteiger charge is -2.62. The molecular weight excluding hydrogens is 691 g/mol. The number of fused-ring (bicyclic) bond motifs is 1. The Bertz CT molecular complexity index is 2150. The number of aromatic hydroxyl groups is 5. The fourth-order valence-corrected chi connectivity index (χ4v) is 11.3. The first kappa shape index (κ1) is 37.1. The van der Waals surface area contributed by atoms with Crippen LogP contribution in [-0.2, 0) is 19.4 Å². The summed E-state index contributed by atoms with van der Waals surface area (Å²) in [5.41, 5.74) is 5.21. The number of aliphatic hydroxyl groups excluding tert-OH is 1. The van der Waals surface area contributed by atoms with Crippen LogP contribution in [0.3, 0.4) is 0 Å². The van der Waals surface area contributed by atoms with Crippen molar-refractivity contribution in [3.05, 3.63) is 88.5 Å². The quantitative estimate of drug-likeness (QED) is 0.0601. The molecule has 4 aromatic rings. The number of nitrogens with zero attached hydrogens (tertiary/aromatic N) is 2. The molecule has 9 nitrogen and oxygen atoms in total. The smallest absolute Gasteiger partial charge is 0.169 e. The Morgan fingerprint density at radius 1 is 0.727 bits per heavy atom. The maximum atomic E-state index is 11.3. The minimum Gasteiger partial charge on any atom is -0.507 e. The summed E-state index contributed by atoms with van der Waals surface area (Å²) in [6.45, 7) is 2.14. The summed E-state index contributed by atoms with van der Waals surface area (Å²) in [7, 11) is 0.